The number of fused-ring (bicyclic) bond motifs is 1. The van der Waals surface area contributed by atoms with Crippen LogP contribution in [0.4, 0.5) is 0 Å². The van der Waals surface area contributed by atoms with Gasteiger partial charge in [-0.25, -0.2) is 4.79 Å². The highest BCUT2D eigenvalue weighted by atomic mass is 32.1. The van der Waals surface area contributed by atoms with Gasteiger partial charge >= 0.3 is 5.97 Å². The average molecular weight is 258 g/mol. The van der Waals surface area contributed by atoms with Gasteiger partial charge < -0.3 is 4.74 Å². The maximum absolute atomic E-state index is 11.5. The van der Waals surface area contributed by atoms with Crippen molar-refractivity contribution in [1.29, 1.82) is 0 Å². The van der Waals surface area contributed by atoms with Crippen LogP contribution >= 0.6 is 11.3 Å². The van der Waals surface area contributed by atoms with Gasteiger partial charge in [0.25, 0.3) is 0 Å². The van der Waals surface area contributed by atoms with E-state index in [1.165, 1.54) is 4.70 Å². The minimum absolute atomic E-state index is 0.486. The largest absolute Gasteiger partial charge is 0.450 e. The number of carbonyl (C=O) groups is 1. The molecule has 1 aromatic carbocycles. The topological polar surface area (TPSA) is 26.3 Å². The van der Waals surface area contributed by atoms with Crippen molar-refractivity contribution in [1.82, 2.24) is 0 Å². The van der Waals surface area contributed by atoms with E-state index >= 15 is 0 Å². The van der Waals surface area contributed by atoms with Gasteiger partial charge in [0.2, 0.25) is 0 Å². The minimum atomic E-state index is -0.494. The van der Waals surface area contributed by atoms with E-state index in [1.807, 2.05) is 51.1 Å². The highest BCUT2D eigenvalue weighted by Gasteiger charge is 2.14. The molecule has 0 bridgehead atoms. The monoisotopic (exact) mass is 258 g/mol. The molecule has 0 fully saturated rings. The van der Waals surface area contributed by atoms with Gasteiger partial charge in [0.05, 0.1) is 4.88 Å². The highest BCUT2D eigenvalue weighted by molar-refractivity contribution is 7.19. The molecule has 0 spiro atoms. The number of thiophene rings is 1. The third-order valence-electron chi connectivity index (χ3n) is 2.11. The smallest absolute Gasteiger partial charge is 0.385 e. The summed E-state index contributed by atoms with van der Waals surface area (Å²) in [7, 11) is 0. The van der Waals surface area contributed by atoms with Crippen molar-refractivity contribution in [3.8, 4) is 11.8 Å². The summed E-state index contributed by atoms with van der Waals surface area (Å²) in [4.78, 5) is 12.3. The Morgan fingerprint density at radius 3 is 2.67 bits per heavy atom. The molecule has 0 radical (unpaired) electrons. The summed E-state index contributed by atoms with van der Waals surface area (Å²) in [6.45, 7) is 5.48. The maximum Gasteiger partial charge on any atom is 0.385 e. The van der Waals surface area contributed by atoms with Crippen LogP contribution in [0.2, 0.25) is 0 Å². The Morgan fingerprint density at radius 1 is 1.28 bits per heavy atom. The van der Waals surface area contributed by atoms with Gasteiger partial charge in [-0.2, -0.15) is 0 Å². The minimum Gasteiger partial charge on any atom is -0.450 e. The van der Waals surface area contributed by atoms with Gasteiger partial charge in [0.15, 0.2) is 0 Å². The lowest BCUT2D eigenvalue weighted by atomic mass is 10.2. The van der Waals surface area contributed by atoms with Crippen LogP contribution in [0.3, 0.4) is 0 Å². The summed E-state index contributed by atoms with van der Waals surface area (Å²) >= 11 is 1.58. The number of rotatable bonds is 0. The van der Waals surface area contributed by atoms with Crippen LogP contribution in [0, 0.1) is 11.8 Å². The van der Waals surface area contributed by atoms with Crippen molar-refractivity contribution in [2.24, 2.45) is 0 Å². The van der Waals surface area contributed by atoms with Crippen molar-refractivity contribution in [3.05, 3.63) is 35.2 Å². The Labute approximate surface area is 111 Å². The number of hydrogen-bond donors (Lipinski definition) is 0. The molecule has 0 N–H and O–H groups in total. The fraction of sp³-hybridized carbons (Fsp3) is 0.267. The molecule has 2 aromatic rings. The zero-order valence-corrected chi connectivity index (χ0v) is 11.4. The Hall–Kier alpha value is -1.79. The van der Waals surface area contributed by atoms with Crippen molar-refractivity contribution in [2.45, 2.75) is 26.4 Å². The first-order valence-corrected chi connectivity index (χ1v) is 6.49. The van der Waals surface area contributed by atoms with Gasteiger partial charge in [-0.15, -0.1) is 11.3 Å². The molecule has 18 heavy (non-hydrogen) atoms. The van der Waals surface area contributed by atoms with Crippen LogP contribution < -0.4 is 0 Å². The van der Waals surface area contributed by atoms with Crippen LogP contribution in [-0.2, 0) is 9.53 Å². The molecule has 0 unspecified atom stereocenters. The van der Waals surface area contributed by atoms with E-state index in [9.17, 15) is 4.79 Å². The summed E-state index contributed by atoms with van der Waals surface area (Å²) in [6, 6.07) is 10.0. The van der Waals surface area contributed by atoms with Crippen molar-refractivity contribution >= 4 is 27.4 Å². The Bertz CT molecular complexity index is 603. The molecule has 0 atom stereocenters. The second kappa shape index (κ2) is 4.83. The molecule has 1 aromatic heterocycles. The maximum atomic E-state index is 11.5. The Balaban J connectivity index is 2.17. The van der Waals surface area contributed by atoms with E-state index in [1.54, 1.807) is 11.3 Å². The summed E-state index contributed by atoms with van der Waals surface area (Å²) in [5, 5.41) is 1.15. The molecule has 0 saturated heterocycles. The number of carbonyl (C=O) groups excluding carboxylic acids is 1. The lowest BCUT2D eigenvalue weighted by molar-refractivity contribution is -0.147. The molecule has 92 valence electrons. The van der Waals surface area contributed by atoms with Crippen molar-refractivity contribution < 1.29 is 9.53 Å². The van der Waals surface area contributed by atoms with Gasteiger partial charge in [0, 0.05) is 10.6 Å². The molecule has 2 rings (SSSR count). The molecule has 1 heterocycles. The second-order valence-electron chi connectivity index (χ2n) is 4.90. The Morgan fingerprint density at radius 2 is 2.00 bits per heavy atom. The summed E-state index contributed by atoms with van der Waals surface area (Å²) < 4.78 is 6.30. The first-order chi connectivity index (χ1) is 8.44. The van der Waals surface area contributed by atoms with Crippen LogP contribution in [0.1, 0.15) is 25.6 Å². The molecule has 0 aliphatic carbocycles. The SMILES string of the molecule is CC(C)(C)OC(=O)C#Cc1cc2ccccc2s1. The molecule has 2 nitrogen and oxygen atoms in total. The third kappa shape index (κ3) is 3.35. The molecule has 0 aliphatic heterocycles. The summed E-state index contributed by atoms with van der Waals surface area (Å²) in [5.74, 6) is 4.88. The van der Waals surface area contributed by atoms with Crippen molar-refractivity contribution in [2.75, 3.05) is 0 Å². The van der Waals surface area contributed by atoms with Crippen LogP contribution in [-0.4, -0.2) is 11.6 Å². The highest BCUT2D eigenvalue weighted by Crippen LogP contribution is 2.24. The molecule has 3 heteroatoms. The first kappa shape index (κ1) is 12.7. The molecular weight excluding hydrogens is 244 g/mol. The third-order valence-corrected chi connectivity index (χ3v) is 3.14. The Kier molecular flexibility index (Phi) is 3.40. The lowest BCUT2D eigenvalue weighted by Gasteiger charge is -2.16. The summed E-state index contributed by atoms with van der Waals surface area (Å²) in [6.07, 6.45) is 0. The fourth-order valence-electron chi connectivity index (χ4n) is 1.46. The molecular formula is C15H14O2S. The number of ether oxygens (including phenoxy) is 1. The van der Waals surface area contributed by atoms with Crippen LogP contribution in [0.25, 0.3) is 10.1 Å². The fourth-order valence-corrected chi connectivity index (χ4v) is 2.38. The zero-order chi connectivity index (χ0) is 13.2. The number of benzene rings is 1. The van der Waals surface area contributed by atoms with Crippen LogP contribution in [0.15, 0.2) is 30.3 Å². The quantitative estimate of drug-likeness (QED) is 0.533. The molecule has 0 saturated carbocycles. The van der Waals surface area contributed by atoms with E-state index in [0.717, 1.165) is 10.3 Å². The van der Waals surface area contributed by atoms with Gasteiger partial charge in [-0.3, -0.25) is 0 Å². The number of esters is 1. The lowest BCUT2D eigenvalue weighted by Crippen LogP contribution is -2.22. The molecule has 0 amide bonds. The van der Waals surface area contributed by atoms with Gasteiger partial charge in [-0.05, 0) is 44.2 Å². The normalized spacial score (nSPS) is 10.8. The molecule has 0 aliphatic rings. The first-order valence-electron chi connectivity index (χ1n) is 5.68. The van der Waals surface area contributed by atoms with Gasteiger partial charge in [0.1, 0.15) is 5.60 Å². The predicted octanol–water partition coefficient (Wildman–Crippen LogP) is 3.59. The second-order valence-corrected chi connectivity index (χ2v) is 5.98. The van der Waals surface area contributed by atoms with E-state index in [2.05, 4.69) is 11.8 Å². The van der Waals surface area contributed by atoms with Crippen molar-refractivity contribution in [3.63, 3.8) is 0 Å². The standard InChI is InChI=1S/C15H14O2S/c1-15(2,3)17-14(16)9-8-12-10-11-6-4-5-7-13(11)18-12/h4-7,10H,1-3H3. The predicted molar refractivity (Wildman–Crippen MR) is 74.5 cm³/mol. The van der Waals surface area contributed by atoms with Gasteiger partial charge in [-0.1, -0.05) is 18.2 Å². The average Bonchev–Trinajstić information content (AvgIpc) is 2.66. The van der Waals surface area contributed by atoms with E-state index < -0.39 is 11.6 Å². The van der Waals surface area contributed by atoms with E-state index in [4.69, 9.17) is 4.74 Å². The van der Waals surface area contributed by atoms with E-state index in [0.29, 0.717) is 0 Å². The zero-order valence-electron chi connectivity index (χ0n) is 10.6. The summed E-state index contributed by atoms with van der Waals surface area (Å²) in [5.41, 5.74) is -0.494. The van der Waals surface area contributed by atoms with Crippen LogP contribution in [0.5, 0.6) is 0 Å². The van der Waals surface area contributed by atoms with E-state index in [-0.39, 0.29) is 0 Å². The number of hydrogen-bond acceptors (Lipinski definition) is 3.